The molecule has 0 saturated carbocycles. The Morgan fingerprint density at radius 1 is 1.18 bits per heavy atom. The van der Waals surface area contributed by atoms with E-state index in [0.29, 0.717) is 5.75 Å². The van der Waals surface area contributed by atoms with E-state index in [9.17, 15) is 8.78 Å². The molecule has 2 N–H and O–H groups in total. The van der Waals surface area contributed by atoms with E-state index in [-0.39, 0.29) is 11.3 Å². The molecule has 0 aliphatic heterocycles. The van der Waals surface area contributed by atoms with Crippen molar-refractivity contribution in [2.75, 3.05) is 14.2 Å². The van der Waals surface area contributed by atoms with Crippen LogP contribution in [-0.2, 0) is 5.92 Å². The van der Waals surface area contributed by atoms with Crippen molar-refractivity contribution in [2.24, 2.45) is 5.73 Å². The zero-order valence-corrected chi connectivity index (χ0v) is 10.4. The molecule has 0 fully saturated rings. The van der Waals surface area contributed by atoms with Crippen molar-refractivity contribution >= 4 is 0 Å². The lowest BCUT2D eigenvalue weighted by Gasteiger charge is -2.23. The van der Waals surface area contributed by atoms with E-state index in [4.69, 9.17) is 15.2 Å². The lowest BCUT2D eigenvalue weighted by molar-refractivity contribution is -0.0277. The summed E-state index contributed by atoms with van der Waals surface area (Å²) in [6, 6.07) is 1.49. The van der Waals surface area contributed by atoms with Gasteiger partial charge >= 0.3 is 0 Å². The maximum Gasteiger partial charge on any atom is 0.291 e. The molecule has 1 aromatic rings. The van der Waals surface area contributed by atoms with E-state index in [2.05, 4.69) is 0 Å². The number of methoxy groups -OCH3 is 2. The molecule has 1 atom stereocenters. The fraction of sp³-hybridized carbons (Fsp3) is 0.500. The Kier molecular flexibility index (Phi) is 3.93. The lowest BCUT2D eigenvalue weighted by Crippen LogP contribution is -2.36. The summed E-state index contributed by atoms with van der Waals surface area (Å²) in [5.41, 5.74) is 5.79. The van der Waals surface area contributed by atoms with Crippen LogP contribution in [0.1, 0.15) is 18.1 Å². The predicted octanol–water partition coefficient (Wildman–Crippen LogP) is 2.45. The van der Waals surface area contributed by atoms with E-state index < -0.39 is 12.0 Å². The van der Waals surface area contributed by atoms with Crippen LogP contribution in [0.25, 0.3) is 0 Å². The van der Waals surface area contributed by atoms with Gasteiger partial charge in [0, 0.05) is 0 Å². The van der Waals surface area contributed by atoms with Crippen LogP contribution in [0.2, 0.25) is 0 Å². The van der Waals surface area contributed by atoms with E-state index >= 15 is 0 Å². The third-order valence-corrected chi connectivity index (χ3v) is 2.65. The van der Waals surface area contributed by atoms with Gasteiger partial charge < -0.3 is 15.2 Å². The van der Waals surface area contributed by atoms with Crippen LogP contribution in [0, 0.1) is 6.92 Å². The maximum absolute atomic E-state index is 13.9. The summed E-state index contributed by atoms with van der Waals surface area (Å²) in [6.07, 6.45) is 0. The molecule has 0 radical (unpaired) electrons. The van der Waals surface area contributed by atoms with E-state index in [1.807, 2.05) is 0 Å². The Balaban J connectivity index is 3.40. The first kappa shape index (κ1) is 13.7. The van der Waals surface area contributed by atoms with Gasteiger partial charge in [0.2, 0.25) is 0 Å². The fourth-order valence-electron chi connectivity index (χ4n) is 1.56. The summed E-state index contributed by atoms with van der Waals surface area (Å²) in [5.74, 6) is -2.65. The standard InChI is InChI=1S/C12H17F2NO2/c1-7-5-11(17-4)9(6-10(7)16-3)12(13,14)8(2)15/h5-6,8H,15H2,1-4H3. The molecule has 5 heteroatoms. The third kappa shape index (κ3) is 2.49. The van der Waals surface area contributed by atoms with Gasteiger partial charge in [-0.3, -0.25) is 0 Å². The van der Waals surface area contributed by atoms with Crippen LogP contribution in [0.15, 0.2) is 12.1 Å². The monoisotopic (exact) mass is 245 g/mol. The number of nitrogens with two attached hydrogens (primary N) is 1. The highest BCUT2D eigenvalue weighted by atomic mass is 19.3. The van der Waals surface area contributed by atoms with Crippen molar-refractivity contribution in [1.82, 2.24) is 0 Å². The minimum absolute atomic E-state index is 0.116. The Labute approximate surface area is 99.5 Å². The largest absolute Gasteiger partial charge is 0.496 e. The molecule has 17 heavy (non-hydrogen) atoms. The second kappa shape index (κ2) is 4.87. The van der Waals surface area contributed by atoms with Crippen molar-refractivity contribution in [3.05, 3.63) is 23.3 Å². The third-order valence-electron chi connectivity index (χ3n) is 2.65. The fourth-order valence-corrected chi connectivity index (χ4v) is 1.56. The van der Waals surface area contributed by atoms with Gasteiger partial charge in [-0.05, 0) is 31.5 Å². The zero-order chi connectivity index (χ0) is 13.2. The highest BCUT2D eigenvalue weighted by Crippen LogP contribution is 2.40. The number of aryl methyl sites for hydroxylation is 1. The molecule has 0 amide bonds. The van der Waals surface area contributed by atoms with Crippen LogP contribution in [-0.4, -0.2) is 20.3 Å². The van der Waals surface area contributed by atoms with Crippen LogP contribution in [0.4, 0.5) is 8.78 Å². The second-order valence-corrected chi connectivity index (χ2v) is 3.93. The Hall–Kier alpha value is -1.36. The first-order valence-corrected chi connectivity index (χ1v) is 5.21. The average Bonchev–Trinajstić information content (AvgIpc) is 2.27. The van der Waals surface area contributed by atoms with Crippen molar-refractivity contribution in [1.29, 1.82) is 0 Å². The van der Waals surface area contributed by atoms with Crippen molar-refractivity contribution in [2.45, 2.75) is 25.8 Å². The van der Waals surface area contributed by atoms with Gasteiger partial charge in [-0.2, -0.15) is 8.78 Å². The molecule has 0 aliphatic carbocycles. The molecule has 1 rings (SSSR count). The molecule has 1 aromatic carbocycles. The number of hydrogen-bond acceptors (Lipinski definition) is 3. The number of hydrogen-bond donors (Lipinski definition) is 1. The quantitative estimate of drug-likeness (QED) is 0.886. The van der Waals surface area contributed by atoms with Crippen LogP contribution in [0.3, 0.4) is 0 Å². The van der Waals surface area contributed by atoms with Crippen molar-refractivity contribution in [3.8, 4) is 11.5 Å². The molecule has 0 spiro atoms. The summed E-state index contributed by atoms with van der Waals surface area (Å²) >= 11 is 0. The summed E-state index contributed by atoms with van der Waals surface area (Å²) in [6.45, 7) is 3.01. The second-order valence-electron chi connectivity index (χ2n) is 3.93. The summed E-state index contributed by atoms with van der Waals surface area (Å²) in [7, 11) is 2.78. The van der Waals surface area contributed by atoms with Gasteiger partial charge in [0.05, 0.1) is 25.8 Å². The smallest absolute Gasteiger partial charge is 0.291 e. The average molecular weight is 245 g/mol. The number of halogens is 2. The van der Waals surface area contributed by atoms with Crippen LogP contribution < -0.4 is 15.2 Å². The highest BCUT2D eigenvalue weighted by molar-refractivity contribution is 5.48. The highest BCUT2D eigenvalue weighted by Gasteiger charge is 2.39. The van der Waals surface area contributed by atoms with Crippen molar-refractivity contribution < 1.29 is 18.3 Å². The molecule has 0 aliphatic rings. The van der Waals surface area contributed by atoms with Gasteiger partial charge in [0.1, 0.15) is 11.5 Å². The topological polar surface area (TPSA) is 44.5 Å². The molecular weight excluding hydrogens is 228 g/mol. The Bertz CT molecular complexity index is 406. The first-order valence-electron chi connectivity index (χ1n) is 5.21. The molecule has 0 saturated heterocycles. The lowest BCUT2D eigenvalue weighted by atomic mass is 9.99. The normalized spacial score (nSPS) is 13.4. The zero-order valence-electron chi connectivity index (χ0n) is 10.4. The molecular formula is C12H17F2NO2. The minimum Gasteiger partial charge on any atom is -0.496 e. The summed E-state index contributed by atoms with van der Waals surface area (Å²) in [4.78, 5) is 0. The Morgan fingerprint density at radius 3 is 2.12 bits per heavy atom. The molecule has 96 valence electrons. The van der Waals surface area contributed by atoms with Crippen molar-refractivity contribution in [3.63, 3.8) is 0 Å². The number of alkyl halides is 2. The van der Waals surface area contributed by atoms with Gasteiger partial charge in [0.15, 0.2) is 0 Å². The van der Waals surface area contributed by atoms with Gasteiger partial charge in [-0.15, -0.1) is 0 Å². The van der Waals surface area contributed by atoms with Gasteiger partial charge in [-0.25, -0.2) is 0 Å². The first-order chi connectivity index (χ1) is 7.84. The Morgan fingerprint density at radius 2 is 1.71 bits per heavy atom. The molecule has 0 heterocycles. The molecule has 3 nitrogen and oxygen atoms in total. The van der Waals surface area contributed by atoms with Crippen LogP contribution >= 0.6 is 0 Å². The van der Waals surface area contributed by atoms with E-state index in [0.717, 1.165) is 5.56 Å². The minimum atomic E-state index is -3.16. The van der Waals surface area contributed by atoms with Crippen LogP contribution in [0.5, 0.6) is 11.5 Å². The summed E-state index contributed by atoms with van der Waals surface area (Å²) < 4.78 is 37.8. The summed E-state index contributed by atoms with van der Waals surface area (Å²) in [5, 5.41) is 0. The van der Waals surface area contributed by atoms with Gasteiger partial charge in [0.25, 0.3) is 5.92 Å². The van der Waals surface area contributed by atoms with E-state index in [1.54, 1.807) is 6.92 Å². The predicted molar refractivity (Wildman–Crippen MR) is 61.8 cm³/mol. The van der Waals surface area contributed by atoms with Gasteiger partial charge in [-0.1, -0.05) is 0 Å². The molecule has 0 aromatic heterocycles. The number of benzene rings is 1. The number of rotatable bonds is 4. The molecule has 0 bridgehead atoms. The molecule has 1 unspecified atom stereocenters. The maximum atomic E-state index is 13.9. The SMILES string of the molecule is COc1cc(C(F)(F)C(C)N)c(OC)cc1C. The van der Waals surface area contributed by atoms with E-state index in [1.165, 1.54) is 33.3 Å². The number of ether oxygens (including phenoxy) is 2.